The zero-order valence-electron chi connectivity index (χ0n) is 36.0. The Kier molecular flexibility index (Phi) is 14.6. The molecule has 0 aromatic heterocycles. The Bertz CT molecular complexity index is 1140. The highest BCUT2D eigenvalue weighted by molar-refractivity contribution is 7.03. The first-order valence-electron chi connectivity index (χ1n) is 21.0. The van der Waals surface area contributed by atoms with Gasteiger partial charge in [0, 0.05) is 48.4 Å². The van der Waals surface area contributed by atoms with E-state index in [1.54, 1.807) is 0 Å². The van der Waals surface area contributed by atoms with Crippen molar-refractivity contribution in [3.05, 3.63) is 12.7 Å². The molecule has 0 aliphatic carbocycles. The van der Waals surface area contributed by atoms with Crippen LogP contribution in [0.1, 0.15) is 116 Å². The molecule has 314 valence electrons. The molecule has 0 spiro atoms. The largest absolute Gasteiger partial charge is 0.479 e. The molecule has 8 bridgehead atoms. The molecule has 0 aromatic rings. The topological polar surface area (TPSA) is 111 Å². The van der Waals surface area contributed by atoms with Gasteiger partial charge in [-0.1, -0.05) is 103 Å². The molecule has 54 heavy (non-hydrogen) atoms. The van der Waals surface area contributed by atoms with Crippen molar-refractivity contribution in [1.29, 1.82) is 0 Å². The van der Waals surface area contributed by atoms with Crippen LogP contribution in [0, 0.1) is 41.4 Å². The van der Waals surface area contributed by atoms with Crippen LogP contribution in [-0.4, -0.2) is 70.4 Å². The second kappa shape index (κ2) is 17.2. The van der Waals surface area contributed by atoms with Crippen molar-refractivity contribution in [3.63, 3.8) is 0 Å². The van der Waals surface area contributed by atoms with E-state index in [4.69, 9.17) is 49.4 Å². The van der Waals surface area contributed by atoms with E-state index in [0.717, 1.165) is 19.3 Å². The fourth-order valence-corrected chi connectivity index (χ4v) is 60.2. The fraction of sp³-hybridized carbons (Fsp3) is 0.941. The van der Waals surface area contributed by atoms with Crippen LogP contribution in [-0.2, 0) is 49.4 Å². The van der Waals surface area contributed by atoms with Gasteiger partial charge in [0.15, 0.2) is 0 Å². The van der Waals surface area contributed by atoms with Crippen LogP contribution >= 0.6 is 0 Å². The predicted molar refractivity (Wildman–Crippen MR) is 225 cm³/mol. The molecule has 12 nitrogen and oxygen atoms in total. The zero-order valence-corrected chi connectivity index (χ0v) is 44.0. The fourth-order valence-electron chi connectivity index (χ4n) is 8.50. The Morgan fingerprint density at radius 3 is 0.667 bits per heavy atom. The first kappa shape index (κ1) is 46.1. The van der Waals surface area contributed by atoms with Crippen molar-refractivity contribution in [2.24, 2.45) is 41.4 Å². The van der Waals surface area contributed by atoms with Crippen LogP contribution in [0.2, 0.25) is 48.4 Å². The van der Waals surface area contributed by atoms with Gasteiger partial charge in [-0.25, -0.2) is 0 Å². The number of rotatable bonds is 19. The summed E-state index contributed by atoms with van der Waals surface area (Å²) in [6, 6.07) is 4.06. The van der Waals surface area contributed by atoms with E-state index in [2.05, 4.69) is 104 Å². The second-order valence-electron chi connectivity index (χ2n) is 19.4. The summed E-state index contributed by atoms with van der Waals surface area (Å²) >= 11 is 0. The third kappa shape index (κ3) is 10.8. The summed E-state index contributed by atoms with van der Waals surface area (Å²) in [6.07, 6.45) is 4.51. The Labute approximate surface area is 336 Å². The van der Waals surface area contributed by atoms with E-state index in [1.807, 2.05) is 6.08 Å². The Balaban J connectivity index is 1.94. The molecule has 0 unspecified atom stereocenters. The molecule has 6 aliphatic heterocycles. The van der Waals surface area contributed by atoms with E-state index in [-0.39, 0.29) is 41.4 Å². The molecule has 6 saturated heterocycles. The van der Waals surface area contributed by atoms with Gasteiger partial charge in [0.2, 0.25) is 0 Å². The van der Waals surface area contributed by atoms with Gasteiger partial charge in [0.1, 0.15) is 0 Å². The molecule has 0 atom stereocenters. The van der Waals surface area contributed by atoms with Crippen molar-refractivity contribution < 1.29 is 49.4 Å². The maximum atomic E-state index is 7.79. The summed E-state index contributed by atoms with van der Waals surface area (Å²) in [5.41, 5.74) is 0. The standard InChI is InChI=1S/C34H74O12Si8/c1-16-17-18-19-20-47-35-48(21-28(2)3)38-51(24-31(8)9)40-49(36-47,22-29(4)5)42-53(26-33(12)13)43-50(37-47,23-30(6)7)41-52(39-48,25-32(10)11)45-54(44-51,46-53)27-34(14)15/h16,28-34H,1,17-27H2,2-15H3. The highest BCUT2D eigenvalue weighted by Gasteiger charge is 2.83. The van der Waals surface area contributed by atoms with Gasteiger partial charge in [-0.2, -0.15) is 0 Å². The number of hydrogen-bond donors (Lipinski definition) is 0. The number of hydrogen-bond acceptors (Lipinski definition) is 12. The summed E-state index contributed by atoms with van der Waals surface area (Å²) in [4.78, 5) is 0. The molecule has 6 aliphatic rings. The summed E-state index contributed by atoms with van der Waals surface area (Å²) in [6.45, 7) is 34.5. The Morgan fingerprint density at radius 1 is 0.315 bits per heavy atom. The minimum atomic E-state index is -3.87. The van der Waals surface area contributed by atoms with Crippen LogP contribution in [0.25, 0.3) is 0 Å². The Hall–Kier alpha value is 0.995. The minimum Gasteiger partial charge on any atom is -0.373 e. The molecule has 0 radical (unpaired) electrons. The van der Waals surface area contributed by atoms with Crippen molar-refractivity contribution in [1.82, 2.24) is 0 Å². The maximum absolute atomic E-state index is 7.79. The van der Waals surface area contributed by atoms with E-state index in [0.29, 0.717) is 48.4 Å². The van der Waals surface area contributed by atoms with Crippen LogP contribution in [0.5, 0.6) is 0 Å². The van der Waals surface area contributed by atoms with E-state index in [9.17, 15) is 0 Å². The van der Waals surface area contributed by atoms with E-state index < -0.39 is 70.4 Å². The van der Waals surface area contributed by atoms with Gasteiger partial charge in [-0.3, -0.25) is 0 Å². The van der Waals surface area contributed by atoms with Crippen molar-refractivity contribution in [2.45, 2.75) is 165 Å². The van der Waals surface area contributed by atoms with E-state index in [1.165, 1.54) is 0 Å². The van der Waals surface area contributed by atoms with Crippen molar-refractivity contribution in [2.75, 3.05) is 0 Å². The number of allylic oxidation sites excluding steroid dienone is 1. The van der Waals surface area contributed by atoms with Crippen LogP contribution in [0.4, 0.5) is 0 Å². The highest BCUT2D eigenvalue weighted by Crippen LogP contribution is 2.56. The highest BCUT2D eigenvalue weighted by atomic mass is 28.6. The van der Waals surface area contributed by atoms with Gasteiger partial charge in [0.05, 0.1) is 0 Å². The molecule has 20 heteroatoms. The van der Waals surface area contributed by atoms with Gasteiger partial charge in [0.25, 0.3) is 0 Å². The lowest BCUT2D eigenvalue weighted by atomic mass is 10.2. The average molecular weight is 900 g/mol. The summed E-state index contributed by atoms with van der Waals surface area (Å²) < 4.78 is 93.3. The average Bonchev–Trinajstić information content (AvgIpc) is 2.88. The Morgan fingerprint density at radius 2 is 0.500 bits per heavy atom. The molecule has 0 N–H and O–H groups in total. The lowest BCUT2D eigenvalue weighted by Gasteiger charge is -2.64. The quantitative estimate of drug-likeness (QED) is 0.0700. The zero-order chi connectivity index (χ0) is 40.0. The minimum absolute atomic E-state index is 0.141. The smallest absolute Gasteiger partial charge is 0.373 e. The third-order valence-electron chi connectivity index (χ3n) is 9.48. The summed E-state index contributed by atoms with van der Waals surface area (Å²) in [5.74, 6) is 0.996. The van der Waals surface area contributed by atoms with Gasteiger partial charge >= 0.3 is 70.4 Å². The third-order valence-corrected chi connectivity index (χ3v) is 49.5. The lowest BCUT2D eigenvalue weighted by Crippen LogP contribution is -2.88. The SMILES string of the molecule is C=CCCCC[Si]12O[Si]3(CC(C)C)O[Si]4(CC(C)C)O[Si](CC(C)C)(O1)O[Si]1(CC(C)C)O[Si](CC(C)C)(O2)O[Si](CC(C)C)(O3)O[Si](CC(C)C)(O4)O1. The first-order valence-corrected chi connectivity index (χ1v) is 36.4. The summed E-state index contributed by atoms with van der Waals surface area (Å²) in [5, 5.41) is 0. The molecular weight excluding hydrogens is 825 g/mol. The lowest BCUT2D eigenvalue weighted by molar-refractivity contribution is -0.0341. The van der Waals surface area contributed by atoms with Crippen molar-refractivity contribution >= 4 is 70.4 Å². The molecule has 0 amide bonds. The monoisotopic (exact) mass is 898 g/mol. The van der Waals surface area contributed by atoms with Gasteiger partial charge in [-0.05, 0) is 60.7 Å². The number of unbranched alkanes of at least 4 members (excludes halogenated alkanes) is 2. The molecule has 0 saturated carbocycles. The normalized spacial score (nSPS) is 40.7. The van der Waals surface area contributed by atoms with Gasteiger partial charge < -0.3 is 49.4 Å². The maximum Gasteiger partial charge on any atom is 0.479 e. The molecule has 6 fully saturated rings. The van der Waals surface area contributed by atoms with Crippen LogP contribution in [0.15, 0.2) is 12.7 Å². The van der Waals surface area contributed by atoms with Crippen LogP contribution in [0.3, 0.4) is 0 Å². The van der Waals surface area contributed by atoms with Crippen LogP contribution < -0.4 is 0 Å². The first-order chi connectivity index (χ1) is 25.0. The second-order valence-corrected chi connectivity index (χ2v) is 43.5. The molecule has 0 aromatic carbocycles. The van der Waals surface area contributed by atoms with Crippen molar-refractivity contribution in [3.8, 4) is 0 Å². The molecular formula is C34H74O12Si8. The van der Waals surface area contributed by atoms with E-state index >= 15 is 0 Å². The molecule has 6 heterocycles. The predicted octanol–water partition coefficient (Wildman–Crippen LogP) is 9.71. The summed E-state index contributed by atoms with van der Waals surface area (Å²) in [7, 11) is -31.0. The van der Waals surface area contributed by atoms with Gasteiger partial charge in [-0.15, -0.1) is 6.58 Å². The molecule has 6 rings (SSSR count).